The van der Waals surface area contributed by atoms with E-state index in [0.717, 1.165) is 10.4 Å². The number of nitrogens with zero attached hydrogens (tertiary/aromatic N) is 2. The van der Waals surface area contributed by atoms with E-state index in [1.807, 2.05) is 0 Å². The van der Waals surface area contributed by atoms with Gasteiger partial charge in [0.15, 0.2) is 0 Å². The second-order valence-electron chi connectivity index (χ2n) is 5.66. The fraction of sp³-hybridized carbons (Fsp3) is 0.571. The van der Waals surface area contributed by atoms with Crippen LogP contribution in [0.1, 0.15) is 18.5 Å². The highest BCUT2D eigenvalue weighted by molar-refractivity contribution is 7.89. The van der Waals surface area contributed by atoms with Gasteiger partial charge in [-0.25, -0.2) is 8.42 Å². The van der Waals surface area contributed by atoms with Crippen LogP contribution in [0.15, 0.2) is 23.2 Å². The van der Waals surface area contributed by atoms with E-state index in [9.17, 15) is 26.4 Å². The van der Waals surface area contributed by atoms with E-state index in [-0.39, 0.29) is 42.8 Å². The van der Waals surface area contributed by atoms with Crippen molar-refractivity contribution in [1.29, 1.82) is 0 Å². The summed E-state index contributed by atoms with van der Waals surface area (Å²) < 4.78 is 63.9. The van der Waals surface area contributed by atoms with E-state index >= 15 is 0 Å². The molecule has 1 saturated heterocycles. The van der Waals surface area contributed by atoms with Crippen molar-refractivity contribution < 1.29 is 26.4 Å². The first-order chi connectivity index (χ1) is 11.7. The third-order valence-electron chi connectivity index (χ3n) is 3.86. The number of pyridine rings is 1. The molecule has 0 spiro atoms. The number of carbonyl (C=O) groups excluding carboxylic acids is 1. The van der Waals surface area contributed by atoms with E-state index in [4.69, 9.17) is 5.73 Å². The minimum atomic E-state index is -4.64. The number of carbonyl (C=O) groups is 1. The number of hydrogen-bond acceptors (Lipinski definition) is 5. The third-order valence-corrected chi connectivity index (χ3v) is 5.71. The highest BCUT2D eigenvalue weighted by Crippen LogP contribution is 2.29. The lowest BCUT2D eigenvalue weighted by atomic mass is 9.99. The van der Waals surface area contributed by atoms with Gasteiger partial charge in [0, 0.05) is 32.4 Å². The van der Waals surface area contributed by atoms with E-state index < -0.39 is 27.8 Å². The SMILES string of the molecule is Cl.NCCNC(=O)C1CCCN(S(=O)(=O)c2ccc(C(F)(F)F)nc2)C1. The summed E-state index contributed by atoms with van der Waals surface area (Å²) in [5.41, 5.74) is 4.15. The molecule has 7 nitrogen and oxygen atoms in total. The molecule has 1 unspecified atom stereocenters. The van der Waals surface area contributed by atoms with Crippen molar-refractivity contribution in [3.05, 3.63) is 24.0 Å². The van der Waals surface area contributed by atoms with Gasteiger partial charge in [-0.1, -0.05) is 0 Å². The number of amides is 1. The number of piperidine rings is 1. The Bertz CT molecular complexity index is 713. The maximum atomic E-state index is 12.6. The molecule has 1 aliphatic heterocycles. The zero-order valence-corrected chi connectivity index (χ0v) is 15.3. The van der Waals surface area contributed by atoms with Crippen molar-refractivity contribution in [1.82, 2.24) is 14.6 Å². The topological polar surface area (TPSA) is 105 Å². The summed E-state index contributed by atoms with van der Waals surface area (Å²) in [6.45, 7) is 0.742. The number of nitrogens with one attached hydrogen (secondary N) is 1. The summed E-state index contributed by atoms with van der Waals surface area (Å²) in [5, 5.41) is 2.62. The predicted molar refractivity (Wildman–Crippen MR) is 90.0 cm³/mol. The summed E-state index contributed by atoms with van der Waals surface area (Å²) in [6, 6.07) is 1.51. The van der Waals surface area contributed by atoms with Crippen molar-refractivity contribution in [3.8, 4) is 0 Å². The van der Waals surface area contributed by atoms with Crippen LogP contribution >= 0.6 is 12.4 Å². The smallest absolute Gasteiger partial charge is 0.355 e. The zero-order chi connectivity index (χ0) is 18.7. The molecule has 0 bridgehead atoms. The van der Waals surface area contributed by atoms with Crippen LogP contribution in [0, 0.1) is 5.92 Å². The van der Waals surface area contributed by atoms with Crippen LogP contribution in [0.4, 0.5) is 13.2 Å². The number of alkyl halides is 3. The maximum absolute atomic E-state index is 12.6. The molecule has 0 aliphatic carbocycles. The molecule has 1 atom stereocenters. The molecule has 0 radical (unpaired) electrons. The number of rotatable bonds is 5. The Morgan fingerprint density at radius 3 is 2.62 bits per heavy atom. The minimum absolute atomic E-state index is 0. The molecule has 1 aromatic rings. The summed E-state index contributed by atoms with van der Waals surface area (Å²) in [7, 11) is -4.01. The lowest BCUT2D eigenvalue weighted by Gasteiger charge is -2.31. The van der Waals surface area contributed by atoms with Gasteiger partial charge in [0.2, 0.25) is 15.9 Å². The summed E-state index contributed by atoms with van der Waals surface area (Å²) in [4.78, 5) is 14.8. The number of halogens is 4. The van der Waals surface area contributed by atoms with Crippen LogP contribution in [-0.4, -0.2) is 49.8 Å². The molecule has 12 heteroatoms. The Hall–Kier alpha value is -1.43. The van der Waals surface area contributed by atoms with E-state index in [1.54, 1.807) is 0 Å². The lowest BCUT2D eigenvalue weighted by molar-refractivity contribution is -0.141. The van der Waals surface area contributed by atoms with Crippen LogP contribution in [0.2, 0.25) is 0 Å². The Kier molecular flexibility index (Phi) is 7.81. The molecule has 3 N–H and O–H groups in total. The molecule has 26 heavy (non-hydrogen) atoms. The van der Waals surface area contributed by atoms with Gasteiger partial charge in [0.05, 0.1) is 5.92 Å². The second-order valence-corrected chi connectivity index (χ2v) is 7.60. The van der Waals surface area contributed by atoms with Gasteiger partial charge >= 0.3 is 6.18 Å². The Balaban J connectivity index is 0.00000338. The summed E-state index contributed by atoms with van der Waals surface area (Å²) in [5.74, 6) is -0.798. The molecule has 2 rings (SSSR count). The Morgan fingerprint density at radius 1 is 1.38 bits per heavy atom. The van der Waals surface area contributed by atoms with Gasteiger partial charge in [0.1, 0.15) is 10.6 Å². The highest BCUT2D eigenvalue weighted by Gasteiger charge is 2.35. The minimum Gasteiger partial charge on any atom is -0.355 e. The molecule has 0 aromatic carbocycles. The van der Waals surface area contributed by atoms with Crippen molar-refractivity contribution in [3.63, 3.8) is 0 Å². The lowest BCUT2D eigenvalue weighted by Crippen LogP contribution is -2.46. The Labute approximate surface area is 155 Å². The van der Waals surface area contributed by atoms with E-state index in [0.29, 0.717) is 31.6 Å². The van der Waals surface area contributed by atoms with Crippen LogP contribution in [0.3, 0.4) is 0 Å². The fourth-order valence-electron chi connectivity index (χ4n) is 2.56. The van der Waals surface area contributed by atoms with E-state index in [1.165, 1.54) is 0 Å². The highest BCUT2D eigenvalue weighted by atomic mass is 35.5. The van der Waals surface area contributed by atoms with Gasteiger partial charge in [0.25, 0.3) is 0 Å². The number of hydrogen-bond donors (Lipinski definition) is 2. The third kappa shape index (κ3) is 5.29. The molecule has 2 heterocycles. The number of sulfonamides is 1. The number of aromatic nitrogens is 1. The first-order valence-electron chi connectivity index (χ1n) is 7.67. The summed E-state index contributed by atoms with van der Waals surface area (Å²) >= 11 is 0. The van der Waals surface area contributed by atoms with Crippen molar-refractivity contribution in [2.45, 2.75) is 23.9 Å². The molecule has 148 valence electrons. The molecule has 1 fully saturated rings. The molecule has 1 amide bonds. The van der Waals surface area contributed by atoms with Crippen LogP contribution in [0.5, 0.6) is 0 Å². The average Bonchev–Trinajstić information content (AvgIpc) is 2.59. The van der Waals surface area contributed by atoms with Crippen LogP contribution in [-0.2, 0) is 21.0 Å². The molecule has 0 saturated carbocycles. The monoisotopic (exact) mass is 416 g/mol. The average molecular weight is 417 g/mol. The van der Waals surface area contributed by atoms with Crippen molar-refractivity contribution in [2.24, 2.45) is 11.7 Å². The largest absolute Gasteiger partial charge is 0.433 e. The molecular weight excluding hydrogens is 397 g/mol. The van der Waals surface area contributed by atoms with Crippen LogP contribution in [0.25, 0.3) is 0 Å². The first-order valence-corrected chi connectivity index (χ1v) is 9.11. The standard InChI is InChI=1S/C14H19F3N4O3S.ClH/c15-14(16,17)12-4-3-11(8-20-12)25(23,24)21-7-1-2-10(9-21)13(22)19-6-5-18;/h3-4,8,10H,1-2,5-7,9,18H2,(H,19,22);1H. The van der Waals surface area contributed by atoms with Gasteiger partial charge in [-0.15, -0.1) is 12.4 Å². The van der Waals surface area contributed by atoms with Crippen LogP contribution < -0.4 is 11.1 Å². The predicted octanol–water partition coefficient (Wildman–Crippen LogP) is 0.998. The van der Waals surface area contributed by atoms with Crippen molar-refractivity contribution >= 4 is 28.3 Å². The molecule has 1 aromatic heterocycles. The zero-order valence-electron chi connectivity index (χ0n) is 13.7. The van der Waals surface area contributed by atoms with Gasteiger partial charge in [-0.3, -0.25) is 9.78 Å². The van der Waals surface area contributed by atoms with Gasteiger partial charge < -0.3 is 11.1 Å². The van der Waals surface area contributed by atoms with Gasteiger partial charge in [-0.05, 0) is 25.0 Å². The molecular formula is C14H20ClF3N4O3S. The first kappa shape index (κ1) is 22.6. The Morgan fingerprint density at radius 2 is 2.08 bits per heavy atom. The van der Waals surface area contributed by atoms with E-state index in [2.05, 4.69) is 10.3 Å². The number of nitrogens with two attached hydrogens (primary N) is 1. The fourth-order valence-corrected chi connectivity index (χ4v) is 4.03. The second kappa shape index (κ2) is 8.98. The normalized spacial score (nSPS) is 18.8. The maximum Gasteiger partial charge on any atom is 0.433 e. The molecule has 1 aliphatic rings. The summed E-state index contributed by atoms with van der Waals surface area (Å²) in [6.07, 6.45) is -2.93. The van der Waals surface area contributed by atoms with Crippen molar-refractivity contribution in [2.75, 3.05) is 26.2 Å². The quantitative estimate of drug-likeness (QED) is 0.745. The van der Waals surface area contributed by atoms with Gasteiger partial charge in [-0.2, -0.15) is 17.5 Å².